The first kappa shape index (κ1) is 13.9. The average molecular weight is 282 g/mol. The van der Waals surface area contributed by atoms with Gasteiger partial charge in [0.15, 0.2) is 0 Å². The molecule has 1 aromatic heterocycles. The largest absolute Gasteiger partial charge is 0.348 e. The zero-order valence-corrected chi connectivity index (χ0v) is 12.3. The number of aromatic nitrogens is 1. The monoisotopic (exact) mass is 282 g/mol. The van der Waals surface area contributed by atoms with Crippen LogP contribution >= 0.6 is 0 Å². The van der Waals surface area contributed by atoms with Crippen molar-refractivity contribution in [3.05, 3.63) is 59.9 Å². The number of hydrogen-bond acceptors (Lipinski definition) is 1. The molecule has 0 atom stereocenters. The highest BCUT2D eigenvalue weighted by atomic mass is 16.2. The highest BCUT2D eigenvalue weighted by molar-refractivity contribution is 5.93. The van der Waals surface area contributed by atoms with Crippen molar-refractivity contribution in [1.29, 1.82) is 0 Å². The van der Waals surface area contributed by atoms with Crippen LogP contribution in [0, 0.1) is 0 Å². The molecule has 0 bridgehead atoms. The van der Waals surface area contributed by atoms with E-state index in [0.717, 1.165) is 25.1 Å². The SMILES string of the molecule is O=C(NC1CCCCC1)c1cccn1Cc1ccccc1. The van der Waals surface area contributed by atoms with Crippen molar-refractivity contribution in [3.8, 4) is 0 Å². The Kier molecular flexibility index (Phi) is 4.39. The molecule has 0 saturated heterocycles. The summed E-state index contributed by atoms with van der Waals surface area (Å²) in [4.78, 5) is 12.5. The molecule has 1 N–H and O–H groups in total. The van der Waals surface area contributed by atoms with E-state index in [9.17, 15) is 4.79 Å². The summed E-state index contributed by atoms with van der Waals surface area (Å²) in [5.41, 5.74) is 1.96. The van der Waals surface area contributed by atoms with Crippen LogP contribution in [-0.4, -0.2) is 16.5 Å². The van der Waals surface area contributed by atoms with E-state index in [0.29, 0.717) is 6.04 Å². The predicted octanol–water partition coefficient (Wildman–Crippen LogP) is 3.60. The number of hydrogen-bond donors (Lipinski definition) is 1. The van der Waals surface area contributed by atoms with Crippen molar-refractivity contribution >= 4 is 5.91 Å². The fourth-order valence-electron chi connectivity index (χ4n) is 3.04. The second-order valence-corrected chi connectivity index (χ2v) is 5.82. The summed E-state index contributed by atoms with van der Waals surface area (Å²) in [7, 11) is 0. The predicted molar refractivity (Wildman–Crippen MR) is 84.3 cm³/mol. The van der Waals surface area contributed by atoms with Gasteiger partial charge in [0.1, 0.15) is 5.69 Å². The number of amides is 1. The Morgan fingerprint density at radius 2 is 1.81 bits per heavy atom. The van der Waals surface area contributed by atoms with Gasteiger partial charge in [0.05, 0.1) is 0 Å². The number of carbonyl (C=O) groups is 1. The molecule has 0 radical (unpaired) electrons. The van der Waals surface area contributed by atoms with Gasteiger partial charge in [-0.3, -0.25) is 4.79 Å². The molecule has 0 spiro atoms. The van der Waals surface area contributed by atoms with Crippen LogP contribution in [0.15, 0.2) is 48.7 Å². The minimum absolute atomic E-state index is 0.0582. The molecule has 3 nitrogen and oxygen atoms in total. The van der Waals surface area contributed by atoms with E-state index in [-0.39, 0.29) is 5.91 Å². The molecule has 2 aromatic rings. The van der Waals surface area contributed by atoms with E-state index in [1.54, 1.807) is 0 Å². The van der Waals surface area contributed by atoms with Gasteiger partial charge in [0.25, 0.3) is 5.91 Å². The second kappa shape index (κ2) is 6.61. The highest BCUT2D eigenvalue weighted by Gasteiger charge is 2.18. The Hall–Kier alpha value is -2.03. The lowest BCUT2D eigenvalue weighted by molar-refractivity contribution is 0.0919. The molecular formula is C18H22N2O. The van der Waals surface area contributed by atoms with Crippen molar-refractivity contribution in [1.82, 2.24) is 9.88 Å². The first-order valence-corrected chi connectivity index (χ1v) is 7.83. The molecule has 3 rings (SSSR count). The van der Waals surface area contributed by atoms with Crippen molar-refractivity contribution in [2.45, 2.75) is 44.7 Å². The van der Waals surface area contributed by atoms with Crippen LogP contribution in [0.5, 0.6) is 0 Å². The van der Waals surface area contributed by atoms with Crippen molar-refractivity contribution in [2.75, 3.05) is 0 Å². The number of nitrogens with one attached hydrogen (secondary N) is 1. The fraction of sp³-hybridized carbons (Fsp3) is 0.389. The Morgan fingerprint density at radius 1 is 1.05 bits per heavy atom. The number of benzene rings is 1. The van der Waals surface area contributed by atoms with Gasteiger partial charge in [-0.1, -0.05) is 49.6 Å². The van der Waals surface area contributed by atoms with Gasteiger partial charge in [-0.05, 0) is 30.5 Å². The minimum atomic E-state index is 0.0582. The third-order valence-corrected chi connectivity index (χ3v) is 4.20. The van der Waals surface area contributed by atoms with Crippen LogP contribution < -0.4 is 5.32 Å². The topological polar surface area (TPSA) is 34.0 Å². The van der Waals surface area contributed by atoms with E-state index in [2.05, 4.69) is 17.4 Å². The Balaban J connectivity index is 1.68. The van der Waals surface area contributed by atoms with Gasteiger partial charge in [-0.25, -0.2) is 0 Å². The van der Waals surface area contributed by atoms with Crippen molar-refractivity contribution in [2.24, 2.45) is 0 Å². The van der Waals surface area contributed by atoms with Gasteiger partial charge in [-0.15, -0.1) is 0 Å². The molecule has 1 aromatic carbocycles. The molecule has 0 aliphatic heterocycles. The molecule has 1 fully saturated rings. The molecule has 1 amide bonds. The van der Waals surface area contributed by atoms with Crippen LogP contribution in [-0.2, 0) is 6.54 Å². The summed E-state index contributed by atoms with van der Waals surface area (Å²) in [6.07, 6.45) is 7.97. The van der Waals surface area contributed by atoms with E-state index in [1.807, 2.05) is 41.1 Å². The molecule has 1 heterocycles. The lowest BCUT2D eigenvalue weighted by Crippen LogP contribution is -2.37. The average Bonchev–Trinajstić information content (AvgIpc) is 2.97. The summed E-state index contributed by atoms with van der Waals surface area (Å²) >= 11 is 0. The first-order chi connectivity index (χ1) is 10.3. The lowest BCUT2D eigenvalue weighted by Gasteiger charge is -2.23. The molecule has 110 valence electrons. The smallest absolute Gasteiger partial charge is 0.268 e. The molecule has 21 heavy (non-hydrogen) atoms. The van der Waals surface area contributed by atoms with Crippen LogP contribution in [0.2, 0.25) is 0 Å². The zero-order chi connectivity index (χ0) is 14.5. The van der Waals surface area contributed by atoms with E-state index >= 15 is 0 Å². The van der Waals surface area contributed by atoms with Crippen LogP contribution in [0.1, 0.15) is 48.2 Å². The minimum Gasteiger partial charge on any atom is -0.348 e. The quantitative estimate of drug-likeness (QED) is 0.913. The Bertz CT molecular complexity index is 582. The lowest BCUT2D eigenvalue weighted by atomic mass is 9.95. The van der Waals surface area contributed by atoms with Crippen LogP contribution in [0.25, 0.3) is 0 Å². The first-order valence-electron chi connectivity index (χ1n) is 7.83. The molecule has 3 heteroatoms. The summed E-state index contributed by atoms with van der Waals surface area (Å²) < 4.78 is 2.02. The Labute approximate surface area is 126 Å². The van der Waals surface area contributed by atoms with Gasteiger partial charge in [0.2, 0.25) is 0 Å². The van der Waals surface area contributed by atoms with Gasteiger partial charge in [0, 0.05) is 18.8 Å². The number of carbonyl (C=O) groups excluding carboxylic acids is 1. The second-order valence-electron chi connectivity index (χ2n) is 5.82. The Morgan fingerprint density at radius 3 is 2.57 bits per heavy atom. The molecule has 1 saturated carbocycles. The van der Waals surface area contributed by atoms with Gasteiger partial charge < -0.3 is 9.88 Å². The van der Waals surface area contributed by atoms with Gasteiger partial charge >= 0.3 is 0 Å². The normalized spacial score (nSPS) is 15.8. The standard InChI is InChI=1S/C18H22N2O/c21-18(19-16-10-5-2-6-11-16)17-12-7-13-20(17)14-15-8-3-1-4-9-15/h1,3-4,7-9,12-13,16H,2,5-6,10-11,14H2,(H,19,21). The fourth-order valence-corrected chi connectivity index (χ4v) is 3.04. The van der Waals surface area contributed by atoms with Crippen LogP contribution in [0.4, 0.5) is 0 Å². The third kappa shape index (κ3) is 3.54. The van der Waals surface area contributed by atoms with Crippen molar-refractivity contribution < 1.29 is 4.79 Å². The highest BCUT2D eigenvalue weighted by Crippen LogP contribution is 2.18. The molecule has 0 unspecified atom stereocenters. The number of rotatable bonds is 4. The molecule has 1 aliphatic carbocycles. The zero-order valence-electron chi connectivity index (χ0n) is 12.3. The van der Waals surface area contributed by atoms with E-state index in [1.165, 1.54) is 24.8 Å². The summed E-state index contributed by atoms with van der Waals surface area (Å²) in [5, 5.41) is 3.19. The third-order valence-electron chi connectivity index (χ3n) is 4.20. The van der Waals surface area contributed by atoms with Crippen LogP contribution in [0.3, 0.4) is 0 Å². The molecule has 1 aliphatic rings. The van der Waals surface area contributed by atoms with Crippen molar-refractivity contribution in [3.63, 3.8) is 0 Å². The summed E-state index contributed by atoms with van der Waals surface area (Å²) in [6.45, 7) is 0.737. The number of nitrogens with zero attached hydrogens (tertiary/aromatic N) is 1. The maximum Gasteiger partial charge on any atom is 0.268 e. The summed E-state index contributed by atoms with van der Waals surface area (Å²) in [5.74, 6) is 0.0582. The van der Waals surface area contributed by atoms with E-state index < -0.39 is 0 Å². The van der Waals surface area contributed by atoms with Gasteiger partial charge in [-0.2, -0.15) is 0 Å². The summed E-state index contributed by atoms with van der Waals surface area (Å²) in [6, 6.07) is 14.4. The van der Waals surface area contributed by atoms with E-state index in [4.69, 9.17) is 0 Å². The maximum atomic E-state index is 12.5. The molecular weight excluding hydrogens is 260 g/mol. The maximum absolute atomic E-state index is 12.5.